The van der Waals surface area contributed by atoms with E-state index in [1.807, 2.05) is 0 Å². The predicted molar refractivity (Wildman–Crippen MR) is 129 cm³/mol. The summed E-state index contributed by atoms with van der Waals surface area (Å²) >= 11 is 0. The number of H-pyrrole nitrogens is 1. The highest BCUT2D eigenvalue weighted by molar-refractivity contribution is 6.43. The van der Waals surface area contributed by atoms with E-state index in [4.69, 9.17) is 4.42 Å². The molecule has 4 rings (SSSR count). The Labute approximate surface area is 211 Å². The number of piperazine rings is 1. The lowest BCUT2D eigenvalue weighted by atomic mass is 10.0. The average molecular weight is 517 g/mol. The summed E-state index contributed by atoms with van der Waals surface area (Å²) in [5.41, 5.74) is 0.957. The van der Waals surface area contributed by atoms with E-state index < -0.39 is 29.3 Å². The molecule has 8 nitrogen and oxygen atoms in total. The molecule has 0 radical (unpaired) electrons. The number of nitrogens with zero attached hydrogens (tertiary/aromatic N) is 2. The number of nitrogens with one attached hydrogen (secondary N) is 2. The second-order valence-electron chi connectivity index (χ2n) is 8.99. The number of amides is 2. The van der Waals surface area contributed by atoms with Gasteiger partial charge in [-0.05, 0) is 56.2 Å². The van der Waals surface area contributed by atoms with Crippen LogP contribution in [0.25, 0.3) is 0 Å². The number of ketones is 1. The van der Waals surface area contributed by atoms with Gasteiger partial charge in [0.2, 0.25) is 0 Å². The third-order valence-electron chi connectivity index (χ3n) is 6.55. The Morgan fingerprint density at radius 1 is 1.05 bits per heavy atom. The van der Waals surface area contributed by atoms with Crippen molar-refractivity contribution in [3.05, 3.63) is 76.0 Å². The molecule has 0 spiro atoms. The number of anilines is 1. The lowest BCUT2D eigenvalue weighted by molar-refractivity contribution is -0.138. The van der Waals surface area contributed by atoms with Crippen LogP contribution in [0.3, 0.4) is 0 Å². The van der Waals surface area contributed by atoms with E-state index in [1.54, 1.807) is 36.9 Å². The van der Waals surface area contributed by atoms with Crippen molar-refractivity contribution in [1.82, 2.24) is 15.2 Å². The largest absolute Gasteiger partial charge is 0.467 e. The molecule has 3 aromatic rings. The van der Waals surface area contributed by atoms with Crippen molar-refractivity contribution in [3.8, 4) is 0 Å². The first-order valence-electron chi connectivity index (χ1n) is 11.7. The molecular weight excluding hydrogens is 489 g/mol. The molecule has 1 saturated heterocycles. The number of aryl methyl sites for hydroxylation is 2. The molecule has 1 fully saturated rings. The monoisotopic (exact) mass is 516 g/mol. The van der Waals surface area contributed by atoms with Gasteiger partial charge in [0.05, 0.1) is 23.9 Å². The van der Waals surface area contributed by atoms with Crippen LogP contribution in [-0.4, -0.2) is 53.7 Å². The Kier molecular flexibility index (Phi) is 7.15. The lowest BCUT2D eigenvalue weighted by Crippen LogP contribution is -2.50. The first-order chi connectivity index (χ1) is 17.5. The standard InChI is InChI=1S/C26H27F3N4O4/c1-15-6-7-18(13-20(15)26(27,28)29)32-8-10-33(11-9-32)25(36)23(34)21-16(2)22(31-17(21)3)24(35)30-14-19-5-4-12-37-19/h4-7,12-13,31H,8-11,14H2,1-3H3,(H,30,35). The number of furan rings is 1. The van der Waals surface area contributed by atoms with Crippen LogP contribution in [0.15, 0.2) is 41.0 Å². The number of Topliss-reactive ketones (excluding diaryl/α,β-unsaturated/α-hetero) is 1. The summed E-state index contributed by atoms with van der Waals surface area (Å²) in [6.07, 6.45) is -2.96. The molecule has 1 aliphatic rings. The van der Waals surface area contributed by atoms with Gasteiger partial charge in [-0.15, -0.1) is 0 Å². The minimum atomic E-state index is -4.45. The number of carbonyl (C=O) groups excluding carboxylic acids is 3. The van der Waals surface area contributed by atoms with Crippen LogP contribution >= 0.6 is 0 Å². The van der Waals surface area contributed by atoms with Crippen molar-refractivity contribution in [1.29, 1.82) is 0 Å². The molecule has 0 atom stereocenters. The molecule has 0 bridgehead atoms. The van der Waals surface area contributed by atoms with Crippen LogP contribution in [0, 0.1) is 20.8 Å². The van der Waals surface area contributed by atoms with Crippen molar-refractivity contribution in [2.75, 3.05) is 31.1 Å². The molecular formula is C26H27F3N4O4. The maximum absolute atomic E-state index is 13.3. The summed E-state index contributed by atoms with van der Waals surface area (Å²) in [5.74, 6) is -1.32. The van der Waals surface area contributed by atoms with E-state index in [-0.39, 0.29) is 49.5 Å². The molecule has 1 aliphatic heterocycles. The van der Waals surface area contributed by atoms with E-state index in [1.165, 1.54) is 24.2 Å². The molecule has 196 valence electrons. The fourth-order valence-electron chi connectivity index (χ4n) is 4.52. The molecule has 2 amide bonds. The van der Waals surface area contributed by atoms with Gasteiger partial charge in [0, 0.05) is 37.6 Å². The quantitative estimate of drug-likeness (QED) is 0.381. The molecule has 2 aromatic heterocycles. The summed E-state index contributed by atoms with van der Waals surface area (Å²) in [6, 6.07) is 7.59. The van der Waals surface area contributed by atoms with E-state index >= 15 is 0 Å². The molecule has 2 N–H and O–H groups in total. The number of benzene rings is 1. The number of aromatic nitrogens is 1. The fraction of sp³-hybridized carbons (Fsp3) is 0.346. The molecule has 0 aliphatic carbocycles. The Morgan fingerprint density at radius 3 is 2.38 bits per heavy atom. The van der Waals surface area contributed by atoms with Gasteiger partial charge in [0.25, 0.3) is 17.6 Å². The van der Waals surface area contributed by atoms with Crippen LogP contribution in [-0.2, 0) is 17.5 Å². The maximum Gasteiger partial charge on any atom is 0.416 e. The second kappa shape index (κ2) is 10.2. The van der Waals surface area contributed by atoms with Crippen molar-refractivity contribution >= 4 is 23.3 Å². The Hall–Kier alpha value is -4.02. The van der Waals surface area contributed by atoms with Gasteiger partial charge in [-0.1, -0.05) is 6.07 Å². The van der Waals surface area contributed by atoms with Gasteiger partial charge in [-0.3, -0.25) is 14.4 Å². The SMILES string of the molecule is Cc1ccc(N2CCN(C(=O)C(=O)c3c(C)[nH]c(C(=O)NCc4ccco4)c3C)CC2)cc1C(F)(F)F. The number of hydrogen-bond donors (Lipinski definition) is 2. The highest BCUT2D eigenvalue weighted by atomic mass is 19.4. The number of alkyl halides is 3. The van der Waals surface area contributed by atoms with E-state index in [9.17, 15) is 27.6 Å². The van der Waals surface area contributed by atoms with Crippen LogP contribution in [0.4, 0.5) is 18.9 Å². The van der Waals surface area contributed by atoms with Gasteiger partial charge >= 0.3 is 6.18 Å². The van der Waals surface area contributed by atoms with Crippen LogP contribution < -0.4 is 10.2 Å². The van der Waals surface area contributed by atoms with E-state index in [0.29, 0.717) is 22.7 Å². The number of carbonyl (C=O) groups is 3. The smallest absolute Gasteiger partial charge is 0.416 e. The normalized spacial score (nSPS) is 14.1. The van der Waals surface area contributed by atoms with Gasteiger partial charge in [-0.25, -0.2) is 0 Å². The number of halogens is 3. The predicted octanol–water partition coefficient (Wildman–Crippen LogP) is 4.01. The summed E-state index contributed by atoms with van der Waals surface area (Å²) in [7, 11) is 0. The zero-order valence-corrected chi connectivity index (χ0v) is 20.7. The molecule has 1 aromatic carbocycles. The molecule has 0 unspecified atom stereocenters. The average Bonchev–Trinajstić information content (AvgIpc) is 3.49. The van der Waals surface area contributed by atoms with Crippen LogP contribution in [0.1, 0.15) is 49.0 Å². The highest BCUT2D eigenvalue weighted by Crippen LogP contribution is 2.34. The van der Waals surface area contributed by atoms with Gasteiger partial charge in [0.15, 0.2) is 0 Å². The van der Waals surface area contributed by atoms with E-state index in [2.05, 4.69) is 10.3 Å². The lowest BCUT2D eigenvalue weighted by Gasteiger charge is -2.36. The van der Waals surface area contributed by atoms with Gasteiger partial charge < -0.3 is 24.5 Å². The Bertz CT molecular complexity index is 1320. The van der Waals surface area contributed by atoms with Crippen LogP contribution in [0.2, 0.25) is 0 Å². The number of hydrogen-bond acceptors (Lipinski definition) is 5. The summed E-state index contributed by atoms with van der Waals surface area (Å²) in [5, 5.41) is 2.70. The highest BCUT2D eigenvalue weighted by Gasteiger charge is 2.34. The van der Waals surface area contributed by atoms with Crippen molar-refractivity contribution < 1.29 is 32.0 Å². The van der Waals surface area contributed by atoms with Crippen molar-refractivity contribution in [2.24, 2.45) is 0 Å². The second-order valence-corrected chi connectivity index (χ2v) is 8.99. The molecule has 3 heterocycles. The minimum Gasteiger partial charge on any atom is -0.467 e. The number of rotatable bonds is 6. The summed E-state index contributed by atoms with van der Waals surface area (Å²) in [4.78, 5) is 44.8. The topological polar surface area (TPSA) is 98.7 Å². The van der Waals surface area contributed by atoms with Crippen LogP contribution in [0.5, 0.6) is 0 Å². The molecule has 0 saturated carbocycles. The summed E-state index contributed by atoms with van der Waals surface area (Å²) in [6.45, 7) is 5.71. The van der Waals surface area contributed by atoms with Crippen molar-refractivity contribution in [3.63, 3.8) is 0 Å². The first-order valence-corrected chi connectivity index (χ1v) is 11.7. The molecule has 37 heavy (non-hydrogen) atoms. The maximum atomic E-state index is 13.3. The fourth-order valence-corrected chi connectivity index (χ4v) is 4.52. The van der Waals surface area contributed by atoms with Gasteiger partial charge in [-0.2, -0.15) is 13.2 Å². The minimum absolute atomic E-state index is 0.141. The third kappa shape index (κ3) is 5.40. The first kappa shape index (κ1) is 26.1. The Balaban J connectivity index is 1.42. The zero-order valence-electron chi connectivity index (χ0n) is 20.7. The Morgan fingerprint density at radius 2 is 1.76 bits per heavy atom. The summed E-state index contributed by atoms with van der Waals surface area (Å²) < 4.78 is 45.1. The van der Waals surface area contributed by atoms with Crippen molar-refractivity contribution in [2.45, 2.75) is 33.5 Å². The van der Waals surface area contributed by atoms with Gasteiger partial charge in [0.1, 0.15) is 11.5 Å². The number of aromatic amines is 1. The zero-order chi connectivity index (χ0) is 26.9. The van der Waals surface area contributed by atoms with E-state index in [0.717, 1.165) is 6.07 Å². The third-order valence-corrected chi connectivity index (χ3v) is 6.55. The molecule has 11 heteroatoms.